The number of carbonyl (C=O) groups excluding carboxylic acids is 5. The van der Waals surface area contributed by atoms with Crippen molar-refractivity contribution in [3.63, 3.8) is 0 Å². The van der Waals surface area contributed by atoms with Crippen molar-refractivity contribution in [1.82, 2.24) is 79.1 Å². The van der Waals surface area contributed by atoms with E-state index in [9.17, 15) is 53.9 Å². The van der Waals surface area contributed by atoms with Crippen LogP contribution < -0.4 is 148 Å². The van der Waals surface area contributed by atoms with Gasteiger partial charge in [-0.2, -0.15) is 33.9 Å². The van der Waals surface area contributed by atoms with E-state index in [0.717, 1.165) is 91.4 Å². The van der Waals surface area contributed by atoms with E-state index in [0.29, 0.717) is 64.4 Å². The summed E-state index contributed by atoms with van der Waals surface area (Å²) in [6.45, 7) is 26.4. The topological polar surface area (TPSA) is 365 Å². The summed E-state index contributed by atoms with van der Waals surface area (Å²) in [4.78, 5) is 64.6. The number of nitrogens with zero attached hydrogens (tertiary/aromatic N) is 14. The van der Waals surface area contributed by atoms with Crippen LogP contribution in [0.15, 0.2) is 62.0 Å². The van der Waals surface area contributed by atoms with E-state index in [1.807, 2.05) is 37.9 Å². The molecular weight excluding hydrogens is 2280 g/mol. The second kappa shape index (κ2) is 53.9. The number of ketones is 1. The first-order chi connectivity index (χ1) is 54.5. The third-order valence-electron chi connectivity index (χ3n) is 18.3. The maximum atomic E-state index is 14.3. The zero-order valence-corrected chi connectivity index (χ0v) is 90.8. The van der Waals surface area contributed by atoms with Gasteiger partial charge in [0.05, 0.1) is 140 Å². The maximum absolute atomic E-state index is 14.3. The number of nitrogens with one attached hydrogen (secondary N) is 2. The zero-order valence-electron chi connectivity index (χ0n) is 69.8. The van der Waals surface area contributed by atoms with Gasteiger partial charge in [0.1, 0.15) is 73.2 Å². The number of Topliss-reactive ketones (excluding diaryl/α,β-unsaturated/α-hetero) is 1. The van der Waals surface area contributed by atoms with E-state index in [1.54, 1.807) is 112 Å². The van der Waals surface area contributed by atoms with Crippen molar-refractivity contribution in [2.75, 3.05) is 124 Å². The van der Waals surface area contributed by atoms with Crippen molar-refractivity contribution in [2.24, 2.45) is 0 Å². The summed E-state index contributed by atoms with van der Waals surface area (Å²) in [5.74, 6) is 0.213. The van der Waals surface area contributed by atoms with Crippen molar-refractivity contribution in [2.45, 2.75) is 210 Å². The number of H-pyrrole nitrogens is 1. The SMILES string of the molecule is CC(C)(C)OC(=O)N1CC[C@@H](O)[C@@H](F)C1.CC(C)(C)OC(=O)N1CC[C@@H](OS(C)(=O)=O)[C@@H](F)C1.CC(C)(C)OC(=O)N1CC[C@H](n2cc(I)cn2)[C@@H](F)C1.Cc1cnn([C@H]2CCN(C3COC3)C[C@@H]2F)c1.F[C@H]1CN(C2COC2)CC[C@@H]1n1cc(I)cn1.F[C@H]1CNCC[C@@H]1n1cc(I)cn1.Ic1cn[nH]c1.O=C1COC1.O=CO[O-].[Cs+].[Cs+].[H-]. The Kier molecular flexibility index (Phi) is 50.0. The molecule has 0 aliphatic carbocycles. The normalized spacial score (nSPS) is 25.4. The van der Waals surface area contributed by atoms with Crippen molar-refractivity contribution in [1.29, 1.82) is 0 Å². The number of aryl methyl sites for hydroxylation is 1. The van der Waals surface area contributed by atoms with Gasteiger partial charge in [0.2, 0.25) is 0 Å². The molecule has 46 heteroatoms. The number of hydrogen-bond donors (Lipinski definition) is 3. The molecule has 658 valence electrons. The quantitative estimate of drug-likeness (QED) is 0.0363. The molecule has 0 saturated carbocycles. The van der Waals surface area contributed by atoms with Gasteiger partial charge in [0.25, 0.3) is 16.6 Å². The van der Waals surface area contributed by atoms with Crippen LogP contribution in [0.4, 0.5) is 40.7 Å². The molecule has 14 rings (SSSR count). The largest absolute Gasteiger partial charge is 1.00 e. The molecule has 0 bridgehead atoms. The number of carbonyl (C=O) groups is 5. The summed E-state index contributed by atoms with van der Waals surface area (Å²) in [5, 5.41) is 43.7. The Bertz CT molecular complexity index is 3820. The van der Waals surface area contributed by atoms with Gasteiger partial charge in [-0.25, -0.2) is 40.7 Å². The first-order valence-electron chi connectivity index (χ1n) is 37.7. The molecule has 0 unspecified atom stereocenters. The minimum atomic E-state index is -3.70. The molecule has 3 amide bonds. The van der Waals surface area contributed by atoms with Crippen LogP contribution in [0.2, 0.25) is 0 Å². The van der Waals surface area contributed by atoms with Crippen LogP contribution in [0.5, 0.6) is 0 Å². The predicted octanol–water partition coefficient (Wildman–Crippen LogP) is 2.81. The number of aliphatic hydroxyl groups excluding tert-OH is 1. The van der Waals surface area contributed by atoms with Crippen LogP contribution in [0, 0.1) is 21.2 Å². The van der Waals surface area contributed by atoms with Crippen molar-refractivity contribution in [3.8, 4) is 0 Å². The first kappa shape index (κ1) is 110. The van der Waals surface area contributed by atoms with Crippen LogP contribution >= 0.6 is 90.4 Å². The molecule has 0 spiro atoms. The van der Waals surface area contributed by atoms with E-state index < -0.39 is 94.4 Å². The molecule has 9 fully saturated rings. The number of piperidine rings is 6. The van der Waals surface area contributed by atoms with Gasteiger partial charge in [0.15, 0.2) is 5.78 Å². The molecule has 14 heterocycles. The van der Waals surface area contributed by atoms with E-state index in [-0.39, 0.29) is 215 Å². The van der Waals surface area contributed by atoms with E-state index in [2.05, 4.69) is 150 Å². The zero-order chi connectivity index (χ0) is 85.8. The average Bonchev–Trinajstić information content (AvgIpc) is 1.81. The fourth-order valence-corrected chi connectivity index (χ4v) is 14.5. The Labute approximate surface area is 859 Å². The second-order valence-corrected chi connectivity index (χ2v) is 38.0. The first-order valence-corrected chi connectivity index (χ1v) is 43.9. The number of alkyl halides is 6. The van der Waals surface area contributed by atoms with Crippen LogP contribution in [-0.2, 0) is 57.2 Å². The van der Waals surface area contributed by atoms with Gasteiger partial charge >= 0.3 is 156 Å². The van der Waals surface area contributed by atoms with Gasteiger partial charge in [-0.15, -0.1) is 0 Å². The van der Waals surface area contributed by atoms with E-state index in [1.165, 1.54) is 14.7 Å². The van der Waals surface area contributed by atoms with Crippen LogP contribution in [0.3, 0.4) is 0 Å². The van der Waals surface area contributed by atoms with Crippen molar-refractivity contribution >= 4 is 131 Å². The summed E-state index contributed by atoms with van der Waals surface area (Å²) < 4.78 is 151. The number of aliphatic hydroxyl groups is 1. The molecule has 33 nitrogen and oxygen atoms in total. The number of aromatic nitrogens is 10. The van der Waals surface area contributed by atoms with Crippen LogP contribution in [0.25, 0.3) is 0 Å². The minimum Gasteiger partial charge on any atom is -1.00 e. The molecule has 9 aliphatic rings. The monoisotopic (exact) mass is 2390 g/mol. The molecule has 9 aliphatic heterocycles. The number of halogens is 10. The summed E-state index contributed by atoms with van der Waals surface area (Å²) in [6, 6.07) is 0.291. The third kappa shape index (κ3) is 40.2. The van der Waals surface area contributed by atoms with Gasteiger partial charge < -0.3 is 65.1 Å². The molecule has 5 aromatic rings. The van der Waals surface area contributed by atoms with Gasteiger partial charge in [-0.1, -0.05) is 0 Å². The molecule has 0 aromatic carbocycles. The Morgan fingerprint density at radius 3 is 1.20 bits per heavy atom. The van der Waals surface area contributed by atoms with E-state index >= 15 is 0 Å². The Morgan fingerprint density at radius 2 is 0.924 bits per heavy atom. The number of rotatable bonds is 9. The standard InChI is InChI=1S/C13H19FIN3O2.C12H18FN3O.C11H15FIN3O.C11H20FNO5S.C10H18FNO3.C8H11FIN3.C3H3IN2.C3H4O2.CH2O3.2Cs.H/c1-13(2,3)20-12(19)17-5-4-11(10(14)8-17)18-7-9(15)6-16-18;1-9-4-14-16(5-9)12-2-3-15(6-11(12)13)10-7-17-8-10;12-10-5-15(9-6-17-7-9)2-1-11(10)16-4-8(13)3-14-16;1-11(2,3)17-10(14)13-6-5-9(8(12)7-13)18-19(4,15)16;1-10(2,3)15-9(14)12-5-4-8(13)7(11)6-12;9-7-4-11-2-1-8(7)13-5-6(10)3-12-13;4-3-1-5-6-2-3;4-3-1-5-2-3;2-1-4-3;;;/h6-7,10-11H,4-5,8H2,1-3H3;4-5,10-12H,2-3,6-8H2,1H3;3-4,9-11H,1-2,5-7H2;8-9H,5-7H2,1-4H3;7-8,13H,4-6H2,1-3H3;3,5,7-8,11H,1-2,4H2;1-2H,(H,5,6);1-2H2;1,3H;;;/q;;;;;;;;;2*+1;-1/p-1/t10-,11-;11-,12-;10-,11-;8-,9+;7-,8+;7-,8-;;;;;;/m000000....../s1. The molecule has 3 N–H and O–H groups in total. The summed E-state index contributed by atoms with van der Waals surface area (Å²) in [5.41, 5.74) is -0.688. The van der Waals surface area contributed by atoms with Crippen LogP contribution in [0.1, 0.15) is 132 Å². The molecule has 118 heavy (non-hydrogen) atoms. The molecule has 9 saturated heterocycles. The van der Waals surface area contributed by atoms with Gasteiger partial charge in [-0.3, -0.25) is 47.4 Å². The second-order valence-electron chi connectivity index (χ2n) is 31.4. The summed E-state index contributed by atoms with van der Waals surface area (Å²) >= 11 is 8.71. The fourth-order valence-electron chi connectivity index (χ4n) is 12.4. The number of ether oxygens (including phenoxy) is 6. The number of likely N-dealkylation sites (tertiary alicyclic amines) is 5. The summed E-state index contributed by atoms with van der Waals surface area (Å²) in [6.07, 6.45) is 12.4. The Balaban J connectivity index is 0.000000355. The fraction of sp³-hybridized carbons (Fsp3) is 0.722. The minimum absolute atomic E-state index is 0. The predicted molar refractivity (Wildman–Crippen MR) is 445 cm³/mol. The number of hydrogen-bond acceptors (Lipinski definition) is 25. The van der Waals surface area contributed by atoms with Gasteiger partial charge in [-0.05, 0) is 210 Å². The van der Waals surface area contributed by atoms with Gasteiger partial charge in [0, 0.05) is 83.3 Å². The number of aromatic amines is 1. The molecule has 5 aromatic heterocycles. The van der Waals surface area contributed by atoms with Crippen molar-refractivity contribution < 1.29 is 246 Å². The molecular formula is C72H110Cs2F6I4N16O17S. The Hall–Kier alpha value is -0.806. The Morgan fingerprint density at radius 1 is 0.551 bits per heavy atom. The van der Waals surface area contributed by atoms with E-state index in [4.69, 9.17) is 38.8 Å². The smallest absolute Gasteiger partial charge is 1.00 e. The maximum Gasteiger partial charge on any atom is 1.00 e. The van der Waals surface area contributed by atoms with Crippen LogP contribution in [-0.4, -0.2) is 320 Å². The number of amides is 3. The molecule has 0 radical (unpaired) electrons. The third-order valence-corrected chi connectivity index (χ3v) is 21.2. The average molecular weight is 2390 g/mol. The van der Waals surface area contributed by atoms with Crippen molar-refractivity contribution in [3.05, 3.63) is 81.8 Å². The summed E-state index contributed by atoms with van der Waals surface area (Å²) in [7, 11) is -3.70. The molecule has 12 atom stereocenters.